The van der Waals surface area contributed by atoms with Crippen molar-refractivity contribution in [2.24, 2.45) is 5.92 Å². The lowest BCUT2D eigenvalue weighted by Gasteiger charge is -2.21. The third-order valence-electron chi connectivity index (χ3n) is 2.35. The minimum absolute atomic E-state index is 0.384. The summed E-state index contributed by atoms with van der Waals surface area (Å²) >= 11 is 0. The molecular weight excluding hydrogens is 185 g/mol. The molecule has 0 saturated heterocycles. The van der Waals surface area contributed by atoms with Crippen LogP contribution in [0.4, 0.5) is 8.78 Å². The Balaban J connectivity index is 2.59. The van der Waals surface area contributed by atoms with E-state index in [2.05, 4.69) is 0 Å². The molecule has 1 aliphatic rings. The molecule has 0 radical (unpaired) electrons. The maximum atomic E-state index is 12.9. The quantitative estimate of drug-likeness (QED) is 0.691. The molecule has 1 aliphatic carbocycles. The molecule has 1 atom stereocenters. The SMILES string of the molecule is O=[P+](O)C(F)(F)C1CCCCC1. The van der Waals surface area contributed by atoms with Crippen molar-refractivity contribution in [1.82, 2.24) is 0 Å². The van der Waals surface area contributed by atoms with Gasteiger partial charge in [0.05, 0.1) is 5.92 Å². The number of rotatable bonds is 2. The molecule has 0 amide bonds. The lowest BCUT2D eigenvalue weighted by Crippen LogP contribution is -2.26. The van der Waals surface area contributed by atoms with Crippen LogP contribution in [0.25, 0.3) is 0 Å². The van der Waals surface area contributed by atoms with E-state index in [0.717, 1.165) is 19.3 Å². The van der Waals surface area contributed by atoms with Gasteiger partial charge in [-0.05, 0) is 17.4 Å². The van der Waals surface area contributed by atoms with Crippen molar-refractivity contribution in [2.45, 2.75) is 37.8 Å². The van der Waals surface area contributed by atoms with Crippen molar-refractivity contribution in [3.05, 3.63) is 0 Å². The van der Waals surface area contributed by atoms with Crippen molar-refractivity contribution in [3.8, 4) is 0 Å². The molecule has 5 heteroatoms. The van der Waals surface area contributed by atoms with Gasteiger partial charge >= 0.3 is 13.7 Å². The lowest BCUT2D eigenvalue weighted by molar-refractivity contribution is 0.00252. The van der Waals surface area contributed by atoms with Crippen LogP contribution in [0.15, 0.2) is 0 Å². The van der Waals surface area contributed by atoms with Gasteiger partial charge in [0.2, 0.25) is 0 Å². The van der Waals surface area contributed by atoms with Crippen LogP contribution in [0.2, 0.25) is 0 Å². The van der Waals surface area contributed by atoms with Gasteiger partial charge in [-0.1, -0.05) is 19.3 Å². The third kappa shape index (κ3) is 1.99. The molecular formula is C7H12F2O2P+. The van der Waals surface area contributed by atoms with Gasteiger partial charge in [0, 0.05) is 0 Å². The summed E-state index contributed by atoms with van der Waals surface area (Å²) in [6.07, 6.45) is 3.24. The van der Waals surface area contributed by atoms with Crippen LogP contribution in [0.5, 0.6) is 0 Å². The maximum Gasteiger partial charge on any atom is 0.583 e. The van der Waals surface area contributed by atoms with Crippen molar-refractivity contribution in [2.75, 3.05) is 0 Å². The van der Waals surface area contributed by atoms with E-state index in [1.54, 1.807) is 0 Å². The van der Waals surface area contributed by atoms with Gasteiger partial charge in [0.1, 0.15) is 0 Å². The van der Waals surface area contributed by atoms with Gasteiger partial charge in [0.25, 0.3) is 0 Å². The van der Waals surface area contributed by atoms with Gasteiger partial charge in [-0.15, -0.1) is 0 Å². The van der Waals surface area contributed by atoms with Crippen molar-refractivity contribution >= 4 is 8.03 Å². The highest BCUT2D eigenvalue weighted by atomic mass is 31.1. The second-order valence-corrected chi connectivity index (χ2v) is 4.34. The Morgan fingerprint density at radius 1 is 1.25 bits per heavy atom. The summed E-state index contributed by atoms with van der Waals surface area (Å²) in [4.78, 5) is 8.39. The molecule has 2 nitrogen and oxygen atoms in total. The standard InChI is InChI=1S/C7H11F2O2P/c8-7(9,12(10)11)6-4-2-1-3-5-6/h6H,1-5H2/p+1. The molecule has 0 spiro atoms. The highest BCUT2D eigenvalue weighted by Crippen LogP contribution is 2.49. The average Bonchev–Trinajstić information content (AvgIpc) is 2.06. The Bertz CT molecular complexity index is 178. The minimum Gasteiger partial charge on any atom is -0.156 e. The molecule has 0 bridgehead atoms. The molecule has 1 saturated carbocycles. The highest BCUT2D eigenvalue weighted by Gasteiger charge is 2.57. The normalized spacial score (nSPS) is 22.4. The van der Waals surface area contributed by atoms with E-state index >= 15 is 0 Å². The first-order chi connectivity index (χ1) is 5.55. The molecule has 1 unspecified atom stereocenters. The van der Waals surface area contributed by atoms with Gasteiger partial charge in [-0.25, -0.2) is 0 Å². The van der Waals surface area contributed by atoms with E-state index in [-0.39, 0.29) is 0 Å². The smallest absolute Gasteiger partial charge is 0.156 e. The van der Waals surface area contributed by atoms with E-state index in [1.807, 2.05) is 0 Å². The largest absolute Gasteiger partial charge is 0.583 e. The summed E-state index contributed by atoms with van der Waals surface area (Å²) in [7, 11) is -3.35. The van der Waals surface area contributed by atoms with Gasteiger partial charge in [0.15, 0.2) is 0 Å². The van der Waals surface area contributed by atoms with Crippen LogP contribution in [-0.2, 0) is 4.57 Å². The maximum absolute atomic E-state index is 12.9. The summed E-state index contributed by atoms with van der Waals surface area (Å²) < 4.78 is 36.1. The fourth-order valence-electron chi connectivity index (χ4n) is 1.61. The Labute approximate surface area is 70.8 Å². The van der Waals surface area contributed by atoms with E-state index in [0.29, 0.717) is 12.8 Å². The summed E-state index contributed by atoms with van der Waals surface area (Å²) in [5.41, 5.74) is -3.37. The Kier molecular flexibility index (Phi) is 3.13. The van der Waals surface area contributed by atoms with Gasteiger partial charge < -0.3 is 0 Å². The van der Waals surface area contributed by atoms with Crippen LogP contribution < -0.4 is 0 Å². The Morgan fingerprint density at radius 2 is 1.75 bits per heavy atom. The first kappa shape index (κ1) is 10.0. The van der Waals surface area contributed by atoms with Gasteiger partial charge in [-0.2, -0.15) is 13.7 Å². The average molecular weight is 197 g/mol. The second-order valence-electron chi connectivity index (χ2n) is 3.20. The predicted molar refractivity (Wildman–Crippen MR) is 41.3 cm³/mol. The van der Waals surface area contributed by atoms with E-state index in [4.69, 9.17) is 4.89 Å². The first-order valence-electron chi connectivity index (χ1n) is 4.09. The summed E-state index contributed by atoms with van der Waals surface area (Å²) in [6, 6.07) is 0. The molecule has 0 aromatic carbocycles. The molecule has 1 rings (SSSR count). The summed E-state index contributed by atoms with van der Waals surface area (Å²) in [5.74, 6) is -0.875. The van der Waals surface area contributed by atoms with Gasteiger partial charge in [-0.3, -0.25) is 0 Å². The minimum atomic E-state index is -3.37. The van der Waals surface area contributed by atoms with Crippen LogP contribution in [0.1, 0.15) is 32.1 Å². The monoisotopic (exact) mass is 197 g/mol. The summed E-state index contributed by atoms with van der Waals surface area (Å²) in [6.45, 7) is 0. The fraction of sp³-hybridized carbons (Fsp3) is 1.00. The van der Waals surface area contributed by atoms with E-state index < -0.39 is 19.6 Å². The highest BCUT2D eigenvalue weighted by molar-refractivity contribution is 7.39. The van der Waals surface area contributed by atoms with E-state index in [1.165, 1.54) is 0 Å². The molecule has 70 valence electrons. The van der Waals surface area contributed by atoms with Crippen LogP contribution in [0.3, 0.4) is 0 Å². The zero-order chi connectivity index (χ0) is 9.19. The van der Waals surface area contributed by atoms with Crippen molar-refractivity contribution in [1.29, 1.82) is 0 Å². The van der Waals surface area contributed by atoms with E-state index in [9.17, 15) is 13.3 Å². The number of hydrogen-bond acceptors (Lipinski definition) is 1. The third-order valence-corrected chi connectivity index (χ3v) is 3.23. The zero-order valence-electron chi connectivity index (χ0n) is 6.67. The van der Waals surface area contributed by atoms with Crippen LogP contribution >= 0.6 is 8.03 Å². The van der Waals surface area contributed by atoms with Crippen LogP contribution in [0, 0.1) is 5.92 Å². The molecule has 0 aromatic heterocycles. The molecule has 0 heterocycles. The zero-order valence-corrected chi connectivity index (χ0v) is 7.57. The lowest BCUT2D eigenvalue weighted by atomic mass is 9.89. The number of halogens is 2. The fourth-order valence-corrected chi connectivity index (χ4v) is 2.18. The van der Waals surface area contributed by atoms with Crippen molar-refractivity contribution in [3.63, 3.8) is 0 Å². The molecule has 1 N–H and O–H groups in total. The Hall–Kier alpha value is -0.0800. The first-order valence-corrected chi connectivity index (χ1v) is 5.30. The van der Waals surface area contributed by atoms with Crippen LogP contribution in [-0.4, -0.2) is 10.6 Å². The number of alkyl halides is 2. The predicted octanol–water partition coefficient (Wildman–Crippen LogP) is 2.89. The Morgan fingerprint density at radius 3 is 2.17 bits per heavy atom. The topological polar surface area (TPSA) is 37.3 Å². The summed E-state index contributed by atoms with van der Waals surface area (Å²) in [5, 5.41) is 0. The number of hydrogen-bond donors (Lipinski definition) is 1. The molecule has 0 aromatic rings. The van der Waals surface area contributed by atoms with Crippen molar-refractivity contribution < 1.29 is 18.2 Å². The molecule has 0 aliphatic heterocycles. The second kappa shape index (κ2) is 3.75. The molecule has 12 heavy (non-hydrogen) atoms. The molecule has 1 fully saturated rings.